The largest absolute Gasteiger partial charge is 0.333 e. The fraction of sp³-hybridized carbons (Fsp3) is 0.200. The summed E-state index contributed by atoms with van der Waals surface area (Å²) < 4.78 is 0. The maximum Gasteiger partial charge on any atom is 0.324 e. The molecule has 0 fully saturated rings. The van der Waals surface area contributed by atoms with Crippen molar-refractivity contribution in [2.75, 3.05) is 13.6 Å². The highest BCUT2D eigenvalue weighted by atomic mass is 16.2. The van der Waals surface area contributed by atoms with Gasteiger partial charge in [0.2, 0.25) is 0 Å². The SMILES string of the molecule is CN(CCc1cccc2ccccc12)C(=O)C#N. The number of carbonyl (C=O) groups is 1. The summed E-state index contributed by atoms with van der Waals surface area (Å²) in [7, 11) is 1.65. The lowest BCUT2D eigenvalue weighted by Crippen LogP contribution is -2.27. The second-order valence-electron chi connectivity index (χ2n) is 4.23. The van der Waals surface area contributed by atoms with Gasteiger partial charge in [0, 0.05) is 13.6 Å². The number of likely N-dealkylation sites (N-methyl/N-ethyl adjacent to an activating group) is 1. The number of nitriles is 1. The fourth-order valence-electron chi connectivity index (χ4n) is 1.99. The molecule has 0 atom stereocenters. The van der Waals surface area contributed by atoms with Crippen LogP contribution in [0.2, 0.25) is 0 Å². The van der Waals surface area contributed by atoms with Crippen LogP contribution in [-0.2, 0) is 11.2 Å². The van der Waals surface area contributed by atoms with Gasteiger partial charge in [0.25, 0.3) is 0 Å². The van der Waals surface area contributed by atoms with Gasteiger partial charge in [-0.05, 0) is 22.8 Å². The van der Waals surface area contributed by atoms with Gasteiger partial charge in [-0.25, -0.2) is 0 Å². The number of hydrogen-bond donors (Lipinski definition) is 0. The Morgan fingerprint density at radius 1 is 1.22 bits per heavy atom. The van der Waals surface area contributed by atoms with Crippen molar-refractivity contribution in [3.05, 3.63) is 48.0 Å². The highest BCUT2D eigenvalue weighted by Crippen LogP contribution is 2.18. The second kappa shape index (κ2) is 5.33. The van der Waals surface area contributed by atoms with Crippen LogP contribution in [0.15, 0.2) is 42.5 Å². The Morgan fingerprint density at radius 2 is 1.94 bits per heavy atom. The van der Waals surface area contributed by atoms with Crippen LogP contribution >= 0.6 is 0 Å². The molecule has 0 saturated heterocycles. The Morgan fingerprint density at radius 3 is 2.72 bits per heavy atom. The molecular formula is C15H14N2O. The van der Waals surface area contributed by atoms with E-state index >= 15 is 0 Å². The molecular weight excluding hydrogens is 224 g/mol. The van der Waals surface area contributed by atoms with Crippen molar-refractivity contribution in [3.8, 4) is 6.07 Å². The van der Waals surface area contributed by atoms with Gasteiger partial charge in [0.1, 0.15) is 0 Å². The molecule has 3 heteroatoms. The first-order valence-electron chi connectivity index (χ1n) is 5.84. The number of amides is 1. The summed E-state index contributed by atoms with van der Waals surface area (Å²) >= 11 is 0. The van der Waals surface area contributed by atoms with Crippen LogP contribution in [0.25, 0.3) is 10.8 Å². The molecule has 0 bridgehead atoms. The quantitative estimate of drug-likeness (QED) is 0.770. The van der Waals surface area contributed by atoms with Crippen LogP contribution in [0.4, 0.5) is 0 Å². The van der Waals surface area contributed by atoms with Crippen LogP contribution in [0.5, 0.6) is 0 Å². The monoisotopic (exact) mass is 238 g/mol. The van der Waals surface area contributed by atoms with Gasteiger partial charge in [0.05, 0.1) is 0 Å². The van der Waals surface area contributed by atoms with Crippen LogP contribution in [0.1, 0.15) is 5.56 Å². The van der Waals surface area contributed by atoms with Gasteiger partial charge < -0.3 is 4.90 Å². The third kappa shape index (κ3) is 2.49. The molecule has 2 aromatic carbocycles. The van der Waals surface area contributed by atoms with Crippen LogP contribution in [0.3, 0.4) is 0 Å². The Bertz CT molecular complexity index is 608. The Hall–Kier alpha value is -2.34. The van der Waals surface area contributed by atoms with Crippen molar-refractivity contribution in [1.82, 2.24) is 4.90 Å². The number of benzene rings is 2. The van der Waals surface area contributed by atoms with Crippen molar-refractivity contribution < 1.29 is 4.79 Å². The highest BCUT2D eigenvalue weighted by Gasteiger charge is 2.07. The number of rotatable bonds is 3. The molecule has 0 N–H and O–H groups in total. The van der Waals surface area contributed by atoms with E-state index in [0.29, 0.717) is 6.54 Å². The molecule has 0 aliphatic rings. The third-order valence-electron chi connectivity index (χ3n) is 3.04. The lowest BCUT2D eigenvalue weighted by Gasteiger charge is -2.13. The lowest BCUT2D eigenvalue weighted by atomic mass is 10.0. The molecule has 0 spiro atoms. The van der Waals surface area contributed by atoms with E-state index in [1.54, 1.807) is 13.1 Å². The van der Waals surface area contributed by atoms with Gasteiger partial charge in [-0.2, -0.15) is 5.26 Å². The van der Waals surface area contributed by atoms with Crippen molar-refractivity contribution in [2.45, 2.75) is 6.42 Å². The first-order chi connectivity index (χ1) is 8.72. The molecule has 0 aromatic heterocycles. The molecule has 2 rings (SSSR count). The zero-order chi connectivity index (χ0) is 13.0. The highest BCUT2D eigenvalue weighted by molar-refractivity contribution is 5.91. The predicted octanol–water partition coefficient (Wildman–Crippen LogP) is 2.36. The van der Waals surface area contributed by atoms with Gasteiger partial charge in [-0.1, -0.05) is 42.5 Å². The van der Waals surface area contributed by atoms with Crippen molar-refractivity contribution >= 4 is 16.7 Å². The Labute approximate surface area is 106 Å². The molecule has 0 heterocycles. The summed E-state index contributed by atoms with van der Waals surface area (Å²) in [4.78, 5) is 12.6. The standard InChI is InChI=1S/C15H14N2O/c1-17(15(18)11-16)10-9-13-7-4-6-12-5-2-3-8-14(12)13/h2-8H,9-10H2,1H3. The third-order valence-corrected chi connectivity index (χ3v) is 3.04. The van der Waals surface area contributed by atoms with E-state index in [-0.39, 0.29) is 0 Å². The number of fused-ring (bicyclic) bond motifs is 1. The summed E-state index contributed by atoms with van der Waals surface area (Å²) in [6, 6.07) is 16.0. The van der Waals surface area contributed by atoms with E-state index in [4.69, 9.17) is 5.26 Å². The topological polar surface area (TPSA) is 44.1 Å². The van der Waals surface area contributed by atoms with E-state index in [9.17, 15) is 4.79 Å². The average Bonchev–Trinajstić information content (AvgIpc) is 2.43. The molecule has 0 aliphatic heterocycles. The van der Waals surface area contributed by atoms with E-state index < -0.39 is 5.91 Å². The first-order valence-corrected chi connectivity index (χ1v) is 5.84. The molecule has 3 nitrogen and oxygen atoms in total. The Kier molecular flexibility index (Phi) is 3.59. The van der Waals surface area contributed by atoms with Crippen molar-refractivity contribution in [1.29, 1.82) is 5.26 Å². The van der Waals surface area contributed by atoms with Gasteiger partial charge in [-0.3, -0.25) is 4.79 Å². The summed E-state index contributed by atoms with van der Waals surface area (Å²) in [6.07, 6.45) is 0.755. The first kappa shape index (κ1) is 12.1. The number of nitrogens with zero attached hydrogens (tertiary/aromatic N) is 2. The predicted molar refractivity (Wildman–Crippen MR) is 70.9 cm³/mol. The van der Waals surface area contributed by atoms with E-state index in [2.05, 4.69) is 24.3 Å². The molecule has 18 heavy (non-hydrogen) atoms. The maximum atomic E-state index is 11.2. The number of carbonyl (C=O) groups excluding carboxylic acids is 1. The molecule has 0 aliphatic carbocycles. The minimum absolute atomic E-state index is 0.491. The minimum atomic E-state index is -0.491. The van der Waals surface area contributed by atoms with Crippen LogP contribution < -0.4 is 0 Å². The molecule has 2 aromatic rings. The number of hydrogen-bond acceptors (Lipinski definition) is 2. The zero-order valence-electron chi connectivity index (χ0n) is 10.3. The summed E-state index contributed by atoms with van der Waals surface area (Å²) in [5, 5.41) is 10.9. The van der Waals surface area contributed by atoms with Gasteiger partial charge in [0.15, 0.2) is 6.07 Å². The normalized spacial score (nSPS) is 10.0. The second-order valence-corrected chi connectivity index (χ2v) is 4.23. The van der Waals surface area contributed by atoms with Crippen molar-refractivity contribution in [3.63, 3.8) is 0 Å². The summed E-state index contributed by atoms with van der Waals surface area (Å²) in [6.45, 7) is 0.556. The summed E-state index contributed by atoms with van der Waals surface area (Å²) in [5.41, 5.74) is 1.20. The molecule has 0 unspecified atom stereocenters. The summed E-state index contributed by atoms with van der Waals surface area (Å²) in [5.74, 6) is -0.491. The Balaban J connectivity index is 2.18. The smallest absolute Gasteiger partial charge is 0.324 e. The molecule has 0 radical (unpaired) electrons. The van der Waals surface area contributed by atoms with Gasteiger partial charge >= 0.3 is 5.91 Å². The van der Waals surface area contributed by atoms with Crippen LogP contribution in [-0.4, -0.2) is 24.4 Å². The maximum absolute atomic E-state index is 11.2. The molecule has 1 amide bonds. The van der Waals surface area contributed by atoms with Crippen molar-refractivity contribution in [2.24, 2.45) is 0 Å². The van der Waals surface area contributed by atoms with E-state index in [0.717, 1.165) is 6.42 Å². The fourth-order valence-corrected chi connectivity index (χ4v) is 1.99. The molecule has 0 saturated carbocycles. The molecule has 90 valence electrons. The minimum Gasteiger partial charge on any atom is -0.333 e. The van der Waals surface area contributed by atoms with Crippen LogP contribution in [0, 0.1) is 11.3 Å². The van der Waals surface area contributed by atoms with E-state index in [1.807, 2.05) is 18.2 Å². The lowest BCUT2D eigenvalue weighted by molar-refractivity contribution is -0.124. The van der Waals surface area contributed by atoms with Gasteiger partial charge in [-0.15, -0.1) is 0 Å². The average molecular weight is 238 g/mol. The van der Waals surface area contributed by atoms with E-state index in [1.165, 1.54) is 21.2 Å². The zero-order valence-corrected chi connectivity index (χ0v) is 10.3.